The van der Waals surface area contributed by atoms with Crippen molar-refractivity contribution in [2.45, 2.75) is 43.9 Å². The van der Waals surface area contributed by atoms with Gasteiger partial charge in [-0.3, -0.25) is 4.79 Å². The molecule has 1 heterocycles. The highest BCUT2D eigenvalue weighted by molar-refractivity contribution is 9.10. The third-order valence-corrected chi connectivity index (χ3v) is 5.33. The molecule has 1 N–H and O–H groups in total. The van der Waals surface area contributed by atoms with Crippen molar-refractivity contribution in [1.29, 1.82) is 0 Å². The van der Waals surface area contributed by atoms with Crippen LogP contribution in [0.4, 0.5) is 0 Å². The van der Waals surface area contributed by atoms with Gasteiger partial charge in [0.1, 0.15) is 11.2 Å². The van der Waals surface area contributed by atoms with E-state index in [0.717, 1.165) is 25.7 Å². The third kappa shape index (κ3) is 2.77. The average molecular weight is 385 g/mol. The first-order chi connectivity index (χ1) is 11.1. The van der Waals surface area contributed by atoms with E-state index in [-0.39, 0.29) is 0 Å². The van der Waals surface area contributed by atoms with Crippen molar-refractivity contribution in [2.75, 3.05) is 20.3 Å². The quantitative estimate of drug-likeness (QED) is 0.855. The van der Waals surface area contributed by atoms with Crippen LogP contribution in [0.5, 0.6) is 17.2 Å². The Bertz CT molecular complexity index is 607. The summed E-state index contributed by atoms with van der Waals surface area (Å²) in [5.41, 5.74) is -0.357. The van der Waals surface area contributed by atoms with E-state index in [4.69, 9.17) is 14.2 Å². The summed E-state index contributed by atoms with van der Waals surface area (Å²) in [5, 5.41) is 10.1. The van der Waals surface area contributed by atoms with Crippen molar-refractivity contribution in [1.82, 2.24) is 0 Å². The Morgan fingerprint density at radius 1 is 1.22 bits per heavy atom. The molecule has 1 saturated carbocycles. The zero-order valence-corrected chi connectivity index (χ0v) is 14.8. The molecule has 2 aliphatic rings. The molecule has 0 bridgehead atoms. The lowest BCUT2D eigenvalue weighted by Gasteiger charge is -2.36. The Hall–Kier alpha value is -1.43. The number of rotatable bonds is 3. The second-order valence-corrected chi connectivity index (χ2v) is 6.95. The van der Waals surface area contributed by atoms with Crippen LogP contribution in [-0.4, -0.2) is 31.4 Å². The molecular formula is C17H21BrO5. The third-order valence-electron chi connectivity index (χ3n) is 4.74. The summed E-state index contributed by atoms with van der Waals surface area (Å²) in [6, 6.07) is 1.81. The van der Waals surface area contributed by atoms with Crippen LogP contribution in [0, 0.1) is 0 Å². The van der Waals surface area contributed by atoms with E-state index >= 15 is 0 Å². The molecule has 0 atom stereocenters. The number of hydrogen-bond acceptors (Lipinski definition) is 4. The van der Waals surface area contributed by atoms with E-state index in [2.05, 4.69) is 15.9 Å². The van der Waals surface area contributed by atoms with Gasteiger partial charge in [-0.25, -0.2) is 0 Å². The van der Waals surface area contributed by atoms with Crippen LogP contribution in [0.15, 0.2) is 10.5 Å². The van der Waals surface area contributed by atoms with Crippen LogP contribution in [0.1, 0.15) is 44.1 Å². The number of carbonyl (C=O) groups is 1. The standard InChI is InChI=1S/C17H21BrO5/c1-21-14-11(18)10-12-15(23-9-5-8-22-12)13(14)17(16(19)20)6-3-2-4-7-17/h10H,2-9H2,1H3,(H,19,20). The smallest absolute Gasteiger partial charge is 0.314 e. The predicted molar refractivity (Wildman–Crippen MR) is 88.7 cm³/mol. The van der Waals surface area contributed by atoms with Crippen LogP contribution in [0.3, 0.4) is 0 Å². The van der Waals surface area contributed by atoms with Crippen molar-refractivity contribution >= 4 is 21.9 Å². The fraction of sp³-hybridized carbons (Fsp3) is 0.588. The topological polar surface area (TPSA) is 65.0 Å². The molecule has 1 aromatic carbocycles. The first-order valence-electron chi connectivity index (χ1n) is 8.00. The van der Waals surface area contributed by atoms with Gasteiger partial charge >= 0.3 is 5.97 Å². The largest absolute Gasteiger partial charge is 0.495 e. The predicted octanol–water partition coefficient (Wildman–Crippen LogP) is 3.91. The lowest BCUT2D eigenvalue weighted by atomic mass is 9.68. The lowest BCUT2D eigenvalue weighted by molar-refractivity contribution is -0.145. The summed E-state index contributed by atoms with van der Waals surface area (Å²) < 4.78 is 18.0. The van der Waals surface area contributed by atoms with Crippen LogP contribution in [0.2, 0.25) is 0 Å². The second kappa shape index (κ2) is 6.59. The van der Waals surface area contributed by atoms with Gasteiger partial charge in [-0.15, -0.1) is 0 Å². The lowest BCUT2D eigenvalue weighted by Crippen LogP contribution is -2.38. The molecule has 1 aliphatic heterocycles. The van der Waals surface area contributed by atoms with Crippen molar-refractivity contribution in [3.63, 3.8) is 0 Å². The van der Waals surface area contributed by atoms with E-state index in [1.165, 1.54) is 0 Å². The van der Waals surface area contributed by atoms with Crippen LogP contribution >= 0.6 is 15.9 Å². The summed E-state index contributed by atoms with van der Waals surface area (Å²) in [7, 11) is 1.56. The Morgan fingerprint density at radius 2 is 1.91 bits per heavy atom. The van der Waals surface area contributed by atoms with Gasteiger partial charge in [-0.05, 0) is 28.8 Å². The van der Waals surface area contributed by atoms with Crippen molar-refractivity contribution in [3.05, 3.63) is 16.1 Å². The number of halogens is 1. The number of methoxy groups -OCH3 is 1. The van der Waals surface area contributed by atoms with E-state index in [1.807, 2.05) is 0 Å². The highest BCUT2D eigenvalue weighted by atomic mass is 79.9. The molecular weight excluding hydrogens is 364 g/mol. The summed E-state index contributed by atoms with van der Waals surface area (Å²) in [6.07, 6.45) is 4.78. The van der Waals surface area contributed by atoms with Gasteiger partial charge in [0.25, 0.3) is 0 Å². The number of carboxylic acid groups (broad SMARTS) is 1. The first kappa shape index (κ1) is 16.4. The number of ether oxygens (including phenoxy) is 3. The maximum absolute atomic E-state index is 12.3. The van der Waals surface area contributed by atoms with Crippen molar-refractivity contribution in [2.24, 2.45) is 0 Å². The molecule has 1 aliphatic carbocycles. The zero-order valence-electron chi connectivity index (χ0n) is 13.2. The molecule has 0 aromatic heterocycles. The Balaban J connectivity index is 2.26. The van der Waals surface area contributed by atoms with Crippen molar-refractivity contribution < 1.29 is 24.1 Å². The fourth-order valence-corrected chi connectivity index (χ4v) is 4.19. The molecule has 0 spiro atoms. The summed E-state index contributed by atoms with van der Waals surface area (Å²) in [4.78, 5) is 12.3. The average Bonchev–Trinajstić information content (AvgIpc) is 2.79. The van der Waals surface area contributed by atoms with Crippen LogP contribution < -0.4 is 14.2 Å². The minimum atomic E-state index is -0.981. The number of fused-ring (bicyclic) bond motifs is 1. The molecule has 23 heavy (non-hydrogen) atoms. The maximum Gasteiger partial charge on any atom is 0.314 e. The zero-order chi connectivity index (χ0) is 16.4. The first-order valence-corrected chi connectivity index (χ1v) is 8.79. The Morgan fingerprint density at radius 3 is 2.57 bits per heavy atom. The normalized spacial score (nSPS) is 19.7. The van der Waals surface area contributed by atoms with Gasteiger partial charge in [-0.1, -0.05) is 19.3 Å². The van der Waals surface area contributed by atoms with Gasteiger partial charge in [-0.2, -0.15) is 0 Å². The highest BCUT2D eigenvalue weighted by Gasteiger charge is 2.47. The number of benzene rings is 1. The van der Waals surface area contributed by atoms with Crippen molar-refractivity contribution in [3.8, 4) is 17.2 Å². The minimum Gasteiger partial charge on any atom is -0.495 e. The fourth-order valence-electron chi connectivity index (χ4n) is 3.62. The summed E-state index contributed by atoms with van der Waals surface area (Å²) in [6.45, 7) is 1.08. The molecule has 0 saturated heterocycles. The number of carboxylic acids is 1. The van der Waals surface area contributed by atoms with Gasteiger partial charge in [0.2, 0.25) is 0 Å². The van der Waals surface area contributed by atoms with Gasteiger partial charge in [0.05, 0.1) is 30.4 Å². The summed E-state index contributed by atoms with van der Waals surface area (Å²) >= 11 is 3.50. The number of aliphatic carboxylic acids is 1. The van der Waals surface area contributed by atoms with E-state index in [1.54, 1.807) is 13.2 Å². The molecule has 0 unspecified atom stereocenters. The van der Waals surface area contributed by atoms with Crippen LogP contribution in [-0.2, 0) is 10.2 Å². The van der Waals surface area contributed by atoms with E-state index in [9.17, 15) is 9.90 Å². The second-order valence-electron chi connectivity index (χ2n) is 6.09. The molecule has 0 amide bonds. The Labute approximate surface area is 144 Å². The molecule has 1 fully saturated rings. The van der Waals surface area contributed by atoms with Gasteiger partial charge in [0.15, 0.2) is 11.5 Å². The summed E-state index contributed by atoms with van der Waals surface area (Å²) in [5.74, 6) is 0.852. The van der Waals surface area contributed by atoms with Gasteiger partial charge in [0, 0.05) is 12.5 Å². The minimum absolute atomic E-state index is 0.514. The molecule has 5 nitrogen and oxygen atoms in total. The molecule has 3 rings (SSSR count). The maximum atomic E-state index is 12.3. The highest BCUT2D eigenvalue weighted by Crippen LogP contribution is 2.53. The van der Waals surface area contributed by atoms with E-state index < -0.39 is 11.4 Å². The number of hydrogen-bond donors (Lipinski definition) is 1. The van der Waals surface area contributed by atoms with E-state index in [0.29, 0.717) is 53.3 Å². The Kier molecular flexibility index (Phi) is 4.71. The molecule has 0 radical (unpaired) electrons. The molecule has 6 heteroatoms. The SMILES string of the molecule is COc1c(Br)cc2c(c1C1(C(=O)O)CCCCC1)OCCCO2. The molecule has 126 valence electrons. The van der Waals surface area contributed by atoms with Gasteiger partial charge < -0.3 is 19.3 Å². The molecule has 1 aromatic rings. The monoisotopic (exact) mass is 384 g/mol. The van der Waals surface area contributed by atoms with Crippen LogP contribution in [0.25, 0.3) is 0 Å².